The Balaban J connectivity index is 1.27. The number of rotatable bonds is 9. The molecular formula is C27H21N3O9. The van der Waals surface area contributed by atoms with Gasteiger partial charge in [-0.2, -0.15) is 0 Å². The number of Topliss-reactive ketones (excluding diaryl/α,β-unsaturated/α-hetero) is 1. The van der Waals surface area contributed by atoms with Gasteiger partial charge in [0.1, 0.15) is 11.3 Å². The predicted octanol–water partition coefficient (Wildman–Crippen LogP) is 2.73. The molecule has 0 aliphatic carbocycles. The van der Waals surface area contributed by atoms with Gasteiger partial charge >= 0.3 is 11.9 Å². The highest BCUT2D eigenvalue weighted by Gasteiger charge is 2.37. The van der Waals surface area contributed by atoms with Crippen molar-refractivity contribution in [3.63, 3.8) is 0 Å². The van der Waals surface area contributed by atoms with E-state index in [1.807, 2.05) is 0 Å². The molecular weight excluding hydrogens is 510 g/mol. The zero-order valence-corrected chi connectivity index (χ0v) is 20.3. The van der Waals surface area contributed by atoms with E-state index in [-0.39, 0.29) is 29.8 Å². The van der Waals surface area contributed by atoms with Gasteiger partial charge in [-0.05, 0) is 42.5 Å². The lowest BCUT2D eigenvalue weighted by Crippen LogP contribution is -2.43. The van der Waals surface area contributed by atoms with Gasteiger partial charge < -0.3 is 9.47 Å². The number of nitrogens with one attached hydrogen (secondary N) is 1. The quantitative estimate of drug-likeness (QED) is 0.144. The van der Waals surface area contributed by atoms with Crippen LogP contribution >= 0.6 is 0 Å². The first-order chi connectivity index (χ1) is 18.7. The van der Waals surface area contributed by atoms with E-state index in [1.165, 1.54) is 42.5 Å². The molecule has 1 heterocycles. The van der Waals surface area contributed by atoms with Crippen LogP contribution in [0.25, 0.3) is 0 Å². The number of esters is 2. The molecule has 1 fully saturated rings. The fraction of sp³-hybridized carbons (Fsp3) is 0.148. The fourth-order valence-electron chi connectivity index (χ4n) is 3.77. The molecule has 2 amide bonds. The number of carbonyl (C=O) groups is 5. The summed E-state index contributed by atoms with van der Waals surface area (Å²) < 4.78 is 10.3. The van der Waals surface area contributed by atoms with Crippen molar-refractivity contribution in [2.24, 2.45) is 5.92 Å². The van der Waals surface area contributed by atoms with Crippen molar-refractivity contribution in [3.8, 4) is 5.75 Å². The second-order valence-corrected chi connectivity index (χ2v) is 8.43. The third kappa shape index (κ3) is 6.49. The minimum atomic E-state index is -0.948. The van der Waals surface area contributed by atoms with Crippen LogP contribution in [0.2, 0.25) is 0 Å². The predicted molar refractivity (Wildman–Crippen MR) is 134 cm³/mol. The molecule has 4 rings (SSSR count). The Morgan fingerprint density at radius 1 is 0.923 bits per heavy atom. The first kappa shape index (κ1) is 26.7. The number of nitro benzene ring substituents is 1. The highest BCUT2D eigenvalue weighted by atomic mass is 16.6. The molecule has 0 saturated carbocycles. The Bertz CT molecular complexity index is 1440. The molecule has 0 bridgehead atoms. The number of nitrogens with zero attached hydrogens (tertiary/aromatic N) is 2. The molecule has 1 saturated heterocycles. The maximum atomic E-state index is 12.5. The summed E-state index contributed by atoms with van der Waals surface area (Å²) in [6, 6.07) is 19.3. The van der Waals surface area contributed by atoms with E-state index in [4.69, 9.17) is 9.47 Å². The van der Waals surface area contributed by atoms with Crippen LogP contribution in [0.4, 0.5) is 5.69 Å². The Morgan fingerprint density at radius 3 is 2.28 bits per heavy atom. The number of benzene rings is 3. The van der Waals surface area contributed by atoms with E-state index in [0.717, 1.165) is 11.1 Å². The molecule has 3 aromatic carbocycles. The summed E-state index contributed by atoms with van der Waals surface area (Å²) in [4.78, 5) is 72.3. The largest absolute Gasteiger partial charge is 0.457 e. The van der Waals surface area contributed by atoms with Crippen LogP contribution in [0.3, 0.4) is 0 Å². The Morgan fingerprint density at radius 2 is 1.59 bits per heavy atom. The number of ketones is 1. The Kier molecular flexibility index (Phi) is 8.05. The maximum Gasteiger partial charge on any atom is 0.343 e. The molecule has 1 atom stereocenters. The number of para-hydroxylation sites is 1. The summed E-state index contributed by atoms with van der Waals surface area (Å²) >= 11 is 0. The van der Waals surface area contributed by atoms with Crippen molar-refractivity contribution in [2.75, 3.05) is 13.2 Å². The summed E-state index contributed by atoms with van der Waals surface area (Å²) in [6.45, 7) is -0.811. The third-order valence-electron chi connectivity index (χ3n) is 5.78. The highest BCUT2D eigenvalue weighted by molar-refractivity contribution is 6.00. The lowest BCUT2D eigenvalue weighted by molar-refractivity contribution is -0.385. The summed E-state index contributed by atoms with van der Waals surface area (Å²) in [5, 5.41) is 12.0. The van der Waals surface area contributed by atoms with E-state index in [1.54, 1.807) is 30.3 Å². The van der Waals surface area contributed by atoms with E-state index in [9.17, 15) is 34.1 Å². The summed E-state index contributed by atoms with van der Waals surface area (Å²) in [5.74, 6) is -4.07. The van der Waals surface area contributed by atoms with Crippen LogP contribution < -0.4 is 10.2 Å². The highest BCUT2D eigenvalue weighted by Crippen LogP contribution is 2.21. The molecule has 1 N–H and O–H groups in total. The zero-order valence-electron chi connectivity index (χ0n) is 20.3. The number of hydrazine groups is 1. The Hall–Kier alpha value is -5.39. The fourth-order valence-corrected chi connectivity index (χ4v) is 3.77. The topological polar surface area (TPSA) is 162 Å². The molecule has 12 nitrogen and oxygen atoms in total. The number of hydrogen-bond donors (Lipinski definition) is 1. The first-order valence-electron chi connectivity index (χ1n) is 11.6. The smallest absolute Gasteiger partial charge is 0.343 e. The number of hydrogen-bond acceptors (Lipinski definition) is 9. The summed E-state index contributed by atoms with van der Waals surface area (Å²) in [6.07, 6.45) is -0.272. The van der Waals surface area contributed by atoms with Crippen LogP contribution in [-0.2, 0) is 14.3 Å². The molecule has 3 aromatic rings. The van der Waals surface area contributed by atoms with Crippen molar-refractivity contribution in [2.45, 2.75) is 6.42 Å². The number of nitro groups is 1. The van der Waals surface area contributed by atoms with Crippen molar-refractivity contribution in [3.05, 3.63) is 106 Å². The number of ether oxygens (including phenoxy) is 2. The SMILES string of the molecule is O=C(COC(=O)[C@@H]1CC(=O)N(NC(=O)c2ccccc2[N+](=O)[O-])C1)c1ccc(OC(=O)c2ccccc2)cc1. The van der Waals surface area contributed by atoms with Gasteiger partial charge in [-0.3, -0.25) is 39.7 Å². The van der Waals surface area contributed by atoms with E-state index >= 15 is 0 Å². The molecule has 1 aliphatic rings. The first-order valence-corrected chi connectivity index (χ1v) is 11.6. The Labute approximate surface area is 221 Å². The van der Waals surface area contributed by atoms with Crippen molar-refractivity contribution >= 4 is 35.2 Å². The standard InChI is InChI=1S/C27H21N3O9/c31-23(17-10-12-20(13-11-17)39-27(35)18-6-2-1-3-7-18)16-38-26(34)19-14-24(32)29(15-19)28-25(33)21-8-4-5-9-22(21)30(36)37/h1-13,19H,14-16H2,(H,28,33)/t19-/m1/s1. The molecule has 39 heavy (non-hydrogen) atoms. The second kappa shape index (κ2) is 11.8. The molecule has 0 unspecified atom stereocenters. The summed E-state index contributed by atoms with van der Waals surface area (Å²) in [7, 11) is 0. The van der Waals surface area contributed by atoms with E-state index in [0.29, 0.717) is 5.56 Å². The second-order valence-electron chi connectivity index (χ2n) is 8.43. The number of carbonyl (C=O) groups excluding carboxylic acids is 5. The molecule has 198 valence electrons. The average Bonchev–Trinajstić information content (AvgIpc) is 3.32. The minimum Gasteiger partial charge on any atom is -0.457 e. The van der Waals surface area contributed by atoms with Gasteiger partial charge in [-0.1, -0.05) is 30.3 Å². The maximum absolute atomic E-state index is 12.5. The van der Waals surface area contributed by atoms with Gasteiger partial charge in [0.2, 0.25) is 5.91 Å². The van der Waals surface area contributed by atoms with Gasteiger partial charge in [0, 0.05) is 18.1 Å². The van der Waals surface area contributed by atoms with Gasteiger partial charge in [-0.25, -0.2) is 4.79 Å². The molecule has 0 radical (unpaired) electrons. The van der Waals surface area contributed by atoms with Gasteiger partial charge in [0.25, 0.3) is 11.6 Å². The van der Waals surface area contributed by atoms with Gasteiger partial charge in [0.15, 0.2) is 12.4 Å². The van der Waals surface area contributed by atoms with Gasteiger partial charge in [0.05, 0.1) is 22.9 Å². The average molecular weight is 531 g/mol. The van der Waals surface area contributed by atoms with Crippen LogP contribution in [0, 0.1) is 16.0 Å². The minimum absolute atomic E-state index is 0.211. The third-order valence-corrected chi connectivity index (χ3v) is 5.78. The molecule has 0 aromatic heterocycles. The van der Waals surface area contributed by atoms with Crippen LogP contribution in [-0.4, -0.2) is 52.6 Å². The summed E-state index contributed by atoms with van der Waals surface area (Å²) in [5.41, 5.74) is 2.18. The van der Waals surface area contributed by atoms with E-state index < -0.39 is 52.7 Å². The van der Waals surface area contributed by atoms with Gasteiger partial charge in [-0.15, -0.1) is 0 Å². The monoisotopic (exact) mass is 531 g/mol. The van der Waals surface area contributed by atoms with Crippen LogP contribution in [0.5, 0.6) is 5.75 Å². The van der Waals surface area contributed by atoms with Crippen molar-refractivity contribution in [1.82, 2.24) is 10.4 Å². The lowest BCUT2D eigenvalue weighted by atomic mass is 10.1. The van der Waals surface area contributed by atoms with Crippen molar-refractivity contribution in [1.29, 1.82) is 0 Å². The van der Waals surface area contributed by atoms with Crippen LogP contribution in [0.1, 0.15) is 37.5 Å². The molecule has 1 aliphatic heterocycles. The zero-order chi connectivity index (χ0) is 27.9. The number of amides is 2. The van der Waals surface area contributed by atoms with E-state index in [2.05, 4.69) is 5.43 Å². The molecule has 12 heteroatoms. The normalized spacial score (nSPS) is 14.4. The van der Waals surface area contributed by atoms with Crippen LogP contribution in [0.15, 0.2) is 78.9 Å². The van der Waals surface area contributed by atoms with Crippen molar-refractivity contribution < 1.29 is 38.4 Å². The lowest BCUT2D eigenvalue weighted by Gasteiger charge is -2.17. The molecule has 0 spiro atoms.